The highest BCUT2D eigenvalue weighted by atomic mass is 32.1. The number of hydrogen-bond donors (Lipinski definition) is 1. The van der Waals surface area contributed by atoms with Gasteiger partial charge in [-0.1, -0.05) is 11.3 Å². The molecule has 1 N–H and O–H groups in total. The molecule has 0 fully saturated rings. The number of nitrogens with one attached hydrogen (secondary N) is 1. The Bertz CT molecular complexity index is 564. The molecule has 2 aromatic rings. The van der Waals surface area contributed by atoms with Crippen molar-refractivity contribution in [2.45, 2.75) is 27.3 Å². The summed E-state index contributed by atoms with van der Waals surface area (Å²) < 4.78 is 2.64. The van der Waals surface area contributed by atoms with Crippen LogP contribution in [-0.4, -0.2) is 32.8 Å². The monoisotopic (exact) mass is 283 g/mol. The number of hydrogen-bond acceptors (Lipinski definition) is 5. The van der Waals surface area contributed by atoms with Crippen LogP contribution in [-0.2, 0) is 6.54 Å². The van der Waals surface area contributed by atoms with Gasteiger partial charge in [0.05, 0.1) is 11.1 Å². The molecule has 0 atom stereocenters. The Labute approximate surface area is 115 Å². The molecule has 0 saturated heterocycles. The Morgan fingerprint density at radius 1 is 1.39 bits per heavy atom. The van der Waals surface area contributed by atoms with Crippen LogP contribution in [0.2, 0.25) is 0 Å². The molecule has 0 aromatic carbocycles. The maximum Gasteiger partial charge on any atom is 0.195 e. The third-order valence-corrected chi connectivity index (χ3v) is 4.19. The Morgan fingerprint density at radius 2 is 2.11 bits per heavy atom. The lowest BCUT2D eigenvalue weighted by molar-refractivity contribution is 0.756. The van der Waals surface area contributed by atoms with Crippen molar-refractivity contribution in [3.63, 3.8) is 0 Å². The highest BCUT2D eigenvalue weighted by Gasteiger charge is 2.13. The van der Waals surface area contributed by atoms with Gasteiger partial charge < -0.3 is 4.90 Å². The maximum absolute atomic E-state index is 5.19. The van der Waals surface area contributed by atoms with E-state index in [9.17, 15) is 0 Å². The summed E-state index contributed by atoms with van der Waals surface area (Å²) in [6.07, 6.45) is 1.87. The second-order valence-electron chi connectivity index (χ2n) is 3.78. The van der Waals surface area contributed by atoms with Crippen LogP contribution < -0.4 is 4.90 Å². The lowest BCUT2D eigenvalue weighted by atomic mass is 10.5. The third-order valence-electron chi connectivity index (χ3n) is 2.82. The predicted octanol–water partition coefficient (Wildman–Crippen LogP) is 2.93. The van der Waals surface area contributed by atoms with Crippen LogP contribution in [0.1, 0.15) is 20.8 Å². The van der Waals surface area contributed by atoms with Crippen molar-refractivity contribution in [2.75, 3.05) is 18.0 Å². The number of anilines is 1. The first-order chi connectivity index (χ1) is 8.71. The third kappa shape index (κ3) is 2.32. The van der Waals surface area contributed by atoms with Crippen molar-refractivity contribution in [3.8, 4) is 10.7 Å². The average Bonchev–Trinajstić information content (AvgIpc) is 2.97. The molecule has 18 heavy (non-hydrogen) atoms. The molecule has 0 amide bonds. The van der Waals surface area contributed by atoms with E-state index in [1.165, 1.54) is 0 Å². The first-order valence-electron chi connectivity index (χ1n) is 6.07. The van der Waals surface area contributed by atoms with Crippen LogP contribution in [0.15, 0.2) is 6.20 Å². The normalized spacial score (nSPS) is 10.8. The molecular formula is C11H17N5S2. The number of aromatic nitrogens is 4. The van der Waals surface area contributed by atoms with Crippen LogP contribution in [0.3, 0.4) is 0 Å². The second kappa shape index (κ2) is 5.62. The zero-order valence-electron chi connectivity index (χ0n) is 10.8. The smallest absolute Gasteiger partial charge is 0.195 e. The number of rotatable bonds is 5. The van der Waals surface area contributed by atoms with E-state index in [1.54, 1.807) is 11.3 Å². The molecule has 0 aliphatic carbocycles. The van der Waals surface area contributed by atoms with E-state index in [1.807, 2.05) is 10.8 Å². The topological polar surface area (TPSA) is 49.7 Å². The van der Waals surface area contributed by atoms with Gasteiger partial charge in [0.25, 0.3) is 0 Å². The number of H-pyrrole nitrogens is 1. The molecule has 0 unspecified atom stereocenters. The molecule has 98 valence electrons. The van der Waals surface area contributed by atoms with Crippen molar-refractivity contribution >= 4 is 28.7 Å². The maximum atomic E-state index is 5.19. The van der Waals surface area contributed by atoms with Gasteiger partial charge in [-0.15, -0.1) is 0 Å². The number of nitrogens with zero attached hydrogens (tertiary/aromatic N) is 4. The summed E-state index contributed by atoms with van der Waals surface area (Å²) in [5.74, 6) is 0.874. The Hall–Kier alpha value is -1.21. The Morgan fingerprint density at radius 3 is 2.72 bits per heavy atom. The summed E-state index contributed by atoms with van der Waals surface area (Å²) in [5, 5.41) is 8.15. The number of thiazole rings is 1. The molecule has 5 nitrogen and oxygen atoms in total. The number of aromatic amines is 1. The van der Waals surface area contributed by atoms with Gasteiger partial charge in [0, 0.05) is 19.6 Å². The van der Waals surface area contributed by atoms with Crippen LogP contribution in [0.4, 0.5) is 5.13 Å². The SMILES string of the molecule is CCN(CC)c1ncc(-c2n[nH]c(=S)n2CC)s1. The molecule has 0 radical (unpaired) electrons. The largest absolute Gasteiger partial charge is 0.349 e. The quantitative estimate of drug-likeness (QED) is 0.857. The van der Waals surface area contributed by atoms with Gasteiger partial charge in [-0.3, -0.25) is 9.67 Å². The summed E-state index contributed by atoms with van der Waals surface area (Å²) in [4.78, 5) is 7.74. The van der Waals surface area contributed by atoms with Crippen molar-refractivity contribution in [1.29, 1.82) is 0 Å². The van der Waals surface area contributed by atoms with E-state index in [0.29, 0.717) is 4.77 Å². The Balaban J connectivity index is 2.37. The van der Waals surface area contributed by atoms with Crippen molar-refractivity contribution in [1.82, 2.24) is 19.7 Å². The van der Waals surface area contributed by atoms with Gasteiger partial charge in [0.1, 0.15) is 0 Å². The molecule has 0 saturated carbocycles. The standard InChI is InChI=1S/C11H17N5S2/c1-4-15(5-2)11-12-7-8(18-11)9-13-14-10(17)16(9)6-3/h7H,4-6H2,1-3H3,(H,14,17). The molecule has 2 heterocycles. The fourth-order valence-electron chi connectivity index (χ4n) is 1.81. The highest BCUT2D eigenvalue weighted by molar-refractivity contribution is 7.71. The molecule has 0 aliphatic rings. The van der Waals surface area contributed by atoms with Crippen molar-refractivity contribution in [3.05, 3.63) is 11.0 Å². The Kier molecular flexibility index (Phi) is 4.13. The highest BCUT2D eigenvalue weighted by Crippen LogP contribution is 2.29. The van der Waals surface area contributed by atoms with Crippen LogP contribution in [0, 0.1) is 4.77 Å². The van der Waals surface area contributed by atoms with Gasteiger partial charge in [0.15, 0.2) is 15.7 Å². The summed E-state index contributed by atoms with van der Waals surface area (Å²) >= 11 is 6.85. The fourth-order valence-corrected chi connectivity index (χ4v) is 3.11. The summed E-state index contributed by atoms with van der Waals surface area (Å²) in [6.45, 7) is 9.05. The summed E-state index contributed by atoms with van der Waals surface area (Å²) in [5.41, 5.74) is 0. The lowest BCUT2D eigenvalue weighted by Crippen LogP contribution is -2.21. The van der Waals surface area contributed by atoms with E-state index in [4.69, 9.17) is 12.2 Å². The molecule has 2 rings (SSSR count). The van der Waals surface area contributed by atoms with E-state index in [2.05, 4.69) is 40.9 Å². The molecule has 0 spiro atoms. The lowest BCUT2D eigenvalue weighted by Gasteiger charge is -2.16. The van der Waals surface area contributed by atoms with Gasteiger partial charge in [-0.25, -0.2) is 4.98 Å². The zero-order chi connectivity index (χ0) is 13.1. The summed E-state index contributed by atoms with van der Waals surface area (Å²) in [7, 11) is 0. The van der Waals surface area contributed by atoms with E-state index in [-0.39, 0.29) is 0 Å². The summed E-state index contributed by atoms with van der Waals surface area (Å²) in [6, 6.07) is 0. The molecule has 2 aromatic heterocycles. The first kappa shape index (κ1) is 13.2. The molecule has 0 aliphatic heterocycles. The van der Waals surface area contributed by atoms with E-state index >= 15 is 0 Å². The minimum Gasteiger partial charge on any atom is -0.349 e. The minimum atomic E-state index is 0.658. The predicted molar refractivity (Wildman–Crippen MR) is 77.8 cm³/mol. The van der Waals surface area contributed by atoms with E-state index < -0.39 is 0 Å². The first-order valence-corrected chi connectivity index (χ1v) is 7.30. The molecular weight excluding hydrogens is 266 g/mol. The van der Waals surface area contributed by atoms with E-state index in [0.717, 1.165) is 35.5 Å². The van der Waals surface area contributed by atoms with Crippen LogP contribution in [0.5, 0.6) is 0 Å². The molecule has 7 heteroatoms. The molecule has 0 bridgehead atoms. The van der Waals surface area contributed by atoms with Crippen molar-refractivity contribution in [2.24, 2.45) is 0 Å². The minimum absolute atomic E-state index is 0.658. The fraction of sp³-hybridized carbons (Fsp3) is 0.545. The zero-order valence-corrected chi connectivity index (χ0v) is 12.4. The van der Waals surface area contributed by atoms with Gasteiger partial charge in [-0.05, 0) is 33.0 Å². The second-order valence-corrected chi connectivity index (χ2v) is 5.17. The van der Waals surface area contributed by atoms with Gasteiger partial charge >= 0.3 is 0 Å². The van der Waals surface area contributed by atoms with Crippen molar-refractivity contribution < 1.29 is 0 Å². The average molecular weight is 283 g/mol. The van der Waals surface area contributed by atoms with Gasteiger partial charge in [0.2, 0.25) is 0 Å². The van der Waals surface area contributed by atoms with Crippen LogP contribution in [0.25, 0.3) is 10.7 Å². The van der Waals surface area contributed by atoms with Crippen LogP contribution >= 0.6 is 23.6 Å². The van der Waals surface area contributed by atoms with Gasteiger partial charge in [-0.2, -0.15) is 5.10 Å².